The van der Waals surface area contributed by atoms with Gasteiger partial charge in [0.15, 0.2) is 0 Å². The maximum absolute atomic E-state index is 8.86. The number of halogens is 1. The Kier molecular flexibility index (Phi) is 2.43. The second kappa shape index (κ2) is 3.59. The van der Waals surface area contributed by atoms with E-state index >= 15 is 0 Å². The molecular weight excluding hydrogens is 246 g/mol. The molecule has 0 aliphatic heterocycles. The normalized spacial score (nSPS) is 11.0. The summed E-state index contributed by atoms with van der Waals surface area (Å²) in [5.74, 6) is 0.437. The summed E-state index contributed by atoms with van der Waals surface area (Å²) in [4.78, 5) is 4.19. The molecule has 0 bridgehead atoms. The summed E-state index contributed by atoms with van der Waals surface area (Å²) < 4.78 is 2.76. The molecule has 0 spiro atoms. The van der Waals surface area contributed by atoms with Crippen LogP contribution in [-0.2, 0) is 6.54 Å². The molecule has 1 aromatic heterocycles. The molecule has 0 unspecified atom stereocenters. The lowest BCUT2D eigenvalue weighted by molar-refractivity contribution is 0.278. The number of benzene rings is 1. The van der Waals surface area contributed by atoms with Gasteiger partial charge in [0.1, 0.15) is 0 Å². The lowest BCUT2D eigenvalue weighted by Gasteiger charge is -2.02. The van der Waals surface area contributed by atoms with Crippen molar-refractivity contribution in [3.63, 3.8) is 0 Å². The molecule has 1 heterocycles. The van der Waals surface area contributed by atoms with Gasteiger partial charge >= 0.3 is 0 Å². The van der Waals surface area contributed by atoms with Crippen LogP contribution in [-0.4, -0.2) is 21.3 Å². The van der Waals surface area contributed by atoms with Gasteiger partial charge in [0.2, 0.25) is 5.95 Å². The van der Waals surface area contributed by atoms with Crippen molar-refractivity contribution in [1.29, 1.82) is 0 Å². The van der Waals surface area contributed by atoms with Crippen molar-refractivity contribution in [3.05, 3.63) is 22.7 Å². The first-order chi connectivity index (χ1) is 6.72. The van der Waals surface area contributed by atoms with E-state index in [1.807, 2.05) is 18.2 Å². The minimum absolute atomic E-state index is 0.0612. The molecule has 0 radical (unpaired) electrons. The van der Waals surface area contributed by atoms with Crippen LogP contribution in [0.3, 0.4) is 0 Å². The van der Waals surface area contributed by atoms with Gasteiger partial charge in [0.25, 0.3) is 0 Å². The number of hydrogen-bond donors (Lipinski definition) is 2. The van der Waals surface area contributed by atoms with E-state index in [2.05, 4.69) is 20.9 Å². The zero-order valence-corrected chi connectivity index (χ0v) is 9.03. The summed E-state index contributed by atoms with van der Waals surface area (Å²) in [5, 5.41) is 8.86. The second-order valence-electron chi connectivity index (χ2n) is 2.98. The van der Waals surface area contributed by atoms with Crippen LogP contribution in [0.15, 0.2) is 22.7 Å². The van der Waals surface area contributed by atoms with Gasteiger partial charge in [-0.05, 0) is 18.2 Å². The number of nitrogens with two attached hydrogens (primary N) is 1. The minimum atomic E-state index is 0.0612. The standard InChI is InChI=1S/C9H10BrN3O/c10-6-1-2-8-7(5-6)12-9(11)13(8)3-4-14/h1-2,5,14H,3-4H2,(H2,11,12). The third-order valence-electron chi connectivity index (χ3n) is 2.06. The summed E-state index contributed by atoms with van der Waals surface area (Å²) in [5.41, 5.74) is 7.50. The number of aromatic nitrogens is 2. The number of nitrogen functional groups attached to an aromatic ring is 1. The third-order valence-corrected chi connectivity index (χ3v) is 2.56. The molecule has 0 aliphatic rings. The zero-order valence-electron chi connectivity index (χ0n) is 7.44. The average Bonchev–Trinajstić information content (AvgIpc) is 2.43. The van der Waals surface area contributed by atoms with Gasteiger partial charge in [-0.25, -0.2) is 4.98 Å². The number of imidazole rings is 1. The van der Waals surface area contributed by atoms with Crippen molar-refractivity contribution >= 4 is 32.9 Å². The fourth-order valence-electron chi connectivity index (χ4n) is 1.46. The highest BCUT2D eigenvalue weighted by atomic mass is 79.9. The van der Waals surface area contributed by atoms with E-state index in [1.165, 1.54) is 0 Å². The molecule has 2 rings (SSSR count). The van der Waals surface area contributed by atoms with Gasteiger partial charge in [-0.3, -0.25) is 0 Å². The van der Waals surface area contributed by atoms with Crippen molar-refractivity contribution in [2.24, 2.45) is 0 Å². The molecular formula is C9H10BrN3O. The van der Waals surface area contributed by atoms with Gasteiger partial charge < -0.3 is 15.4 Å². The quantitative estimate of drug-likeness (QED) is 0.853. The molecule has 2 aromatic rings. The maximum atomic E-state index is 8.86. The lowest BCUT2D eigenvalue weighted by Crippen LogP contribution is -2.05. The van der Waals surface area contributed by atoms with Crippen LogP contribution >= 0.6 is 15.9 Å². The number of aliphatic hydroxyl groups excluding tert-OH is 1. The van der Waals surface area contributed by atoms with Crippen LogP contribution in [0.5, 0.6) is 0 Å². The van der Waals surface area contributed by atoms with Crippen LogP contribution in [0.1, 0.15) is 0 Å². The molecule has 0 saturated heterocycles. The van der Waals surface area contributed by atoms with Crippen molar-refractivity contribution in [1.82, 2.24) is 9.55 Å². The summed E-state index contributed by atoms with van der Waals surface area (Å²) >= 11 is 3.37. The molecule has 0 saturated carbocycles. The number of rotatable bonds is 2. The van der Waals surface area contributed by atoms with Crippen molar-refractivity contribution < 1.29 is 5.11 Å². The molecule has 74 valence electrons. The van der Waals surface area contributed by atoms with E-state index in [1.54, 1.807) is 4.57 Å². The molecule has 4 nitrogen and oxygen atoms in total. The van der Waals surface area contributed by atoms with Crippen molar-refractivity contribution in [2.75, 3.05) is 12.3 Å². The van der Waals surface area contributed by atoms with Crippen LogP contribution in [0.2, 0.25) is 0 Å². The Hall–Kier alpha value is -1.07. The molecule has 14 heavy (non-hydrogen) atoms. The van der Waals surface area contributed by atoms with Gasteiger partial charge in [0.05, 0.1) is 17.6 Å². The highest BCUT2D eigenvalue weighted by Gasteiger charge is 2.06. The summed E-state index contributed by atoms with van der Waals surface area (Å²) in [6, 6.07) is 5.76. The van der Waals surface area contributed by atoms with E-state index in [9.17, 15) is 0 Å². The first-order valence-corrected chi connectivity index (χ1v) is 5.04. The van der Waals surface area contributed by atoms with Gasteiger partial charge in [-0.15, -0.1) is 0 Å². The number of anilines is 1. The Morgan fingerprint density at radius 1 is 1.50 bits per heavy atom. The number of aliphatic hydroxyl groups is 1. The maximum Gasteiger partial charge on any atom is 0.201 e. The van der Waals surface area contributed by atoms with Gasteiger partial charge in [-0.2, -0.15) is 0 Å². The monoisotopic (exact) mass is 255 g/mol. The van der Waals surface area contributed by atoms with E-state index in [0.29, 0.717) is 12.5 Å². The fraction of sp³-hybridized carbons (Fsp3) is 0.222. The minimum Gasteiger partial charge on any atom is -0.395 e. The largest absolute Gasteiger partial charge is 0.395 e. The topological polar surface area (TPSA) is 64.1 Å². The Balaban J connectivity index is 2.64. The summed E-state index contributed by atoms with van der Waals surface area (Å²) in [6.45, 7) is 0.537. The van der Waals surface area contributed by atoms with Crippen molar-refractivity contribution in [3.8, 4) is 0 Å². The first kappa shape index (κ1) is 9.48. The molecule has 0 fully saturated rings. The fourth-order valence-corrected chi connectivity index (χ4v) is 1.81. The number of nitrogens with zero attached hydrogens (tertiary/aromatic N) is 2. The van der Waals surface area contributed by atoms with Crippen LogP contribution in [0, 0.1) is 0 Å². The number of hydrogen-bond acceptors (Lipinski definition) is 3. The van der Waals surface area contributed by atoms with Crippen molar-refractivity contribution in [2.45, 2.75) is 6.54 Å². The predicted octanol–water partition coefficient (Wildman–Crippen LogP) is 1.37. The molecule has 3 N–H and O–H groups in total. The zero-order chi connectivity index (χ0) is 10.1. The highest BCUT2D eigenvalue weighted by molar-refractivity contribution is 9.10. The smallest absolute Gasteiger partial charge is 0.201 e. The Labute approximate surface area is 89.5 Å². The molecule has 0 amide bonds. The van der Waals surface area contributed by atoms with Crippen LogP contribution in [0.25, 0.3) is 11.0 Å². The Morgan fingerprint density at radius 2 is 2.29 bits per heavy atom. The third kappa shape index (κ3) is 1.49. The number of fused-ring (bicyclic) bond motifs is 1. The van der Waals surface area contributed by atoms with Crippen LogP contribution < -0.4 is 5.73 Å². The van der Waals surface area contributed by atoms with Crippen LogP contribution in [0.4, 0.5) is 5.95 Å². The average molecular weight is 256 g/mol. The summed E-state index contributed by atoms with van der Waals surface area (Å²) in [6.07, 6.45) is 0. The first-order valence-electron chi connectivity index (χ1n) is 4.24. The molecule has 5 heteroatoms. The lowest BCUT2D eigenvalue weighted by atomic mass is 10.3. The Bertz CT molecular complexity index is 466. The summed E-state index contributed by atoms with van der Waals surface area (Å²) in [7, 11) is 0. The van der Waals surface area contributed by atoms with E-state index in [4.69, 9.17) is 10.8 Å². The van der Waals surface area contributed by atoms with E-state index in [0.717, 1.165) is 15.5 Å². The Morgan fingerprint density at radius 3 is 3.00 bits per heavy atom. The van der Waals surface area contributed by atoms with E-state index < -0.39 is 0 Å². The van der Waals surface area contributed by atoms with Gasteiger partial charge in [-0.1, -0.05) is 15.9 Å². The predicted molar refractivity (Wildman–Crippen MR) is 58.9 cm³/mol. The SMILES string of the molecule is Nc1nc2cc(Br)ccc2n1CCO. The van der Waals surface area contributed by atoms with E-state index in [-0.39, 0.29) is 6.61 Å². The molecule has 0 aliphatic carbocycles. The highest BCUT2D eigenvalue weighted by Crippen LogP contribution is 2.21. The molecule has 0 atom stereocenters. The van der Waals surface area contributed by atoms with Gasteiger partial charge in [0, 0.05) is 11.0 Å². The second-order valence-corrected chi connectivity index (χ2v) is 3.89. The molecule has 1 aromatic carbocycles.